The van der Waals surface area contributed by atoms with Gasteiger partial charge in [-0.25, -0.2) is 9.78 Å². The SMILES string of the molecule is C=C(N[C@]1(C(=O)O)CC1c1ccc(C)o1)C1C(C)=CC2=C(CCN(C(=O)c3cc4cccnc4[nH]3)C2)C1C. The van der Waals surface area contributed by atoms with Crippen LogP contribution < -0.4 is 5.32 Å². The summed E-state index contributed by atoms with van der Waals surface area (Å²) in [5, 5.41) is 14.4. The molecule has 3 N–H and O–H groups in total. The van der Waals surface area contributed by atoms with Crippen LogP contribution in [-0.4, -0.2) is 50.5 Å². The molecule has 0 saturated heterocycles. The van der Waals surface area contributed by atoms with E-state index >= 15 is 0 Å². The molecule has 1 aliphatic heterocycles. The van der Waals surface area contributed by atoms with Crippen molar-refractivity contribution < 1.29 is 19.1 Å². The van der Waals surface area contributed by atoms with Crippen LogP contribution in [0.15, 0.2) is 76.0 Å². The molecule has 3 aromatic rings. The molecule has 0 spiro atoms. The maximum absolute atomic E-state index is 13.3. The number of aryl methyl sites for hydroxylation is 1. The molecule has 3 unspecified atom stereocenters. The highest BCUT2D eigenvalue weighted by atomic mass is 16.4. The number of carboxylic acid groups (broad SMARTS) is 1. The molecule has 8 heteroatoms. The molecule has 1 amide bonds. The van der Waals surface area contributed by atoms with Crippen molar-refractivity contribution in [3.05, 3.63) is 88.8 Å². The predicted octanol–water partition coefficient (Wildman–Crippen LogP) is 4.93. The van der Waals surface area contributed by atoms with Gasteiger partial charge in [0.2, 0.25) is 0 Å². The van der Waals surface area contributed by atoms with E-state index in [-0.39, 0.29) is 23.7 Å². The molecule has 38 heavy (non-hydrogen) atoms. The lowest BCUT2D eigenvalue weighted by Crippen LogP contribution is -2.44. The molecule has 8 nitrogen and oxygen atoms in total. The van der Waals surface area contributed by atoms with Gasteiger partial charge < -0.3 is 24.7 Å². The van der Waals surface area contributed by atoms with Gasteiger partial charge in [0.25, 0.3) is 5.91 Å². The van der Waals surface area contributed by atoms with Crippen LogP contribution in [0.25, 0.3) is 11.0 Å². The number of rotatable bonds is 6. The van der Waals surface area contributed by atoms with Gasteiger partial charge in [-0.05, 0) is 68.5 Å². The lowest BCUT2D eigenvalue weighted by atomic mass is 9.72. The minimum Gasteiger partial charge on any atom is -0.479 e. The van der Waals surface area contributed by atoms with E-state index in [1.807, 2.05) is 42.2 Å². The first kappa shape index (κ1) is 24.3. The summed E-state index contributed by atoms with van der Waals surface area (Å²) in [4.78, 5) is 35.0. The lowest BCUT2D eigenvalue weighted by molar-refractivity contribution is -0.140. The van der Waals surface area contributed by atoms with Gasteiger partial charge >= 0.3 is 5.97 Å². The fourth-order valence-electron chi connectivity index (χ4n) is 6.45. The first-order valence-electron chi connectivity index (χ1n) is 13.1. The summed E-state index contributed by atoms with van der Waals surface area (Å²) in [5.74, 6) is 0.458. The molecular weight excluding hydrogens is 480 g/mol. The Bertz CT molecular complexity index is 1510. The Kier molecular flexibility index (Phi) is 5.59. The molecular formula is C30H32N4O4. The zero-order valence-corrected chi connectivity index (χ0v) is 21.9. The number of aromatic nitrogens is 2. The number of carbonyl (C=O) groups excluding carboxylic acids is 1. The minimum atomic E-state index is -1.10. The number of carboxylic acids is 1. The molecule has 0 radical (unpaired) electrons. The molecule has 4 heterocycles. The van der Waals surface area contributed by atoms with Crippen LogP contribution in [0, 0.1) is 18.8 Å². The Morgan fingerprint density at radius 2 is 2.11 bits per heavy atom. The maximum atomic E-state index is 13.3. The fourth-order valence-corrected chi connectivity index (χ4v) is 6.45. The average Bonchev–Trinajstić information content (AvgIpc) is 3.21. The number of allylic oxidation sites excluding steroid dienone is 1. The zero-order valence-electron chi connectivity index (χ0n) is 21.9. The number of nitrogens with one attached hydrogen (secondary N) is 2. The minimum absolute atomic E-state index is 0.0217. The molecule has 0 aromatic carbocycles. The highest BCUT2D eigenvalue weighted by Crippen LogP contribution is 2.53. The molecule has 3 aliphatic rings. The van der Waals surface area contributed by atoms with E-state index in [4.69, 9.17) is 4.42 Å². The second kappa shape index (κ2) is 8.75. The summed E-state index contributed by atoms with van der Waals surface area (Å²) in [5.41, 5.74) is 4.47. The van der Waals surface area contributed by atoms with E-state index in [1.54, 1.807) is 6.20 Å². The number of H-pyrrole nitrogens is 1. The highest BCUT2D eigenvalue weighted by Gasteiger charge is 2.63. The Morgan fingerprint density at radius 3 is 2.82 bits per heavy atom. The van der Waals surface area contributed by atoms with Crippen molar-refractivity contribution in [2.45, 2.75) is 45.1 Å². The van der Waals surface area contributed by atoms with Gasteiger partial charge in [0, 0.05) is 36.3 Å². The second-order valence-corrected chi connectivity index (χ2v) is 10.9. The summed E-state index contributed by atoms with van der Waals surface area (Å²) in [6.07, 6.45) is 5.10. The maximum Gasteiger partial charge on any atom is 0.330 e. The van der Waals surface area contributed by atoms with E-state index in [0.717, 1.165) is 34.4 Å². The van der Waals surface area contributed by atoms with E-state index in [9.17, 15) is 14.7 Å². The number of furan rings is 1. The molecule has 3 aromatic heterocycles. The monoisotopic (exact) mass is 512 g/mol. The van der Waals surface area contributed by atoms with E-state index in [1.165, 1.54) is 5.57 Å². The number of pyridine rings is 1. The Labute approximate surface area is 221 Å². The van der Waals surface area contributed by atoms with Crippen LogP contribution in [0.2, 0.25) is 0 Å². The van der Waals surface area contributed by atoms with Gasteiger partial charge in [-0.1, -0.05) is 30.7 Å². The van der Waals surface area contributed by atoms with Crippen LogP contribution in [0.3, 0.4) is 0 Å². The van der Waals surface area contributed by atoms with Gasteiger partial charge in [-0.15, -0.1) is 0 Å². The number of fused-ring (bicyclic) bond motifs is 1. The Morgan fingerprint density at radius 1 is 1.29 bits per heavy atom. The third kappa shape index (κ3) is 3.86. The van der Waals surface area contributed by atoms with Crippen molar-refractivity contribution in [3.63, 3.8) is 0 Å². The average molecular weight is 513 g/mol. The number of hydrogen-bond donors (Lipinski definition) is 3. The molecule has 6 rings (SSSR count). The van der Waals surface area contributed by atoms with Crippen molar-refractivity contribution in [2.24, 2.45) is 11.8 Å². The number of hydrogen-bond acceptors (Lipinski definition) is 5. The van der Waals surface area contributed by atoms with Crippen LogP contribution in [0.1, 0.15) is 54.6 Å². The molecule has 1 saturated carbocycles. The molecule has 1 fully saturated rings. The van der Waals surface area contributed by atoms with Gasteiger partial charge in [-0.2, -0.15) is 0 Å². The van der Waals surface area contributed by atoms with Crippen molar-refractivity contribution in [1.29, 1.82) is 0 Å². The summed E-state index contributed by atoms with van der Waals surface area (Å²) in [6, 6.07) is 9.39. The summed E-state index contributed by atoms with van der Waals surface area (Å²) < 4.78 is 5.74. The Hall–Kier alpha value is -4.07. The van der Waals surface area contributed by atoms with Crippen LogP contribution in [0.4, 0.5) is 0 Å². The van der Waals surface area contributed by atoms with Crippen molar-refractivity contribution in [3.8, 4) is 0 Å². The largest absolute Gasteiger partial charge is 0.479 e. The third-order valence-corrected chi connectivity index (χ3v) is 8.48. The van der Waals surface area contributed by atoms with Crippen molar-refractivity contribution >= 4 is 22.9 Å². The highest BCUT2D eigenvalue weighted by molar-refractivity contribution is 5.97. The van der Waals surface area contributed by atoms with Gasteiger partial charge in [0.15, 0.2) is 0 Å². The molecule has 4 atom stereocenters. The van der Waals surface area contributed by atoms with Gasteiger partial charge in [0.05, 0.1) is 5.92 Å². The second-order valence-electron chi connectivity index (χ2n) is 10.9. The topological polar surface area (TPSA) is 111 Å². The number of nitrogens with zero attached hydrogens (tertiary/aromatic N) is 2. The summed E-state index contributed by atoms with van der Waals surface area (Å²) in [6.45, 7) is 11.6. The lowest BCUT2D eigenvalue weighted by Gasteiger charge is -2.40. The molecule has 0 bridgehead atoms. The third-order valence-electron chi connectivity index (χ3n) is 8.48. The first-order chi connectivity index (χ1) is 18.2. The van der Waals surface area contributed by atoms with Crippen LogP contribution in [0.5, 0.6) is 0 Å². The number of aromatic amines is 1. The molecule has 2 aliphatic carbocycles. The van der Waals surface area contributed by atoms with Gasteiger partial charge in [-0.3, -0.25) is 4.79 Å². The first-order valence-corrected chi connectivity index (χ1v) is 13.1. The number of carbonyl (C=O) groups is 2. The standard InChI is InChI=1S/C30H32N4O4/c1-16-12-21-15-34(28(35)24-13-20-6-5-10-31-27(20)32-24)11-9-22(21)18(3)26(16)19(4)33-30(29(36)37)14-23(30)25-8-7-17(2)38-25/h5-8,10,12-13,18,23,26,33H,4,9,11,14-15H2,1-3H3,(H,31,32)(H,36,37)/t18?,23?,26?,30-/m1/s1. The Balaban J connectivity index is 1.18. The van der Waals surface area contributed by atoms with E-state index < -0.39 is 11.5 Å². The molecule has 196 valence electrons. The van der Waals surface area contributed by atoms with Crippen LogP contribution >= 0.6 is 0 Å². The van der Waals surface area contributed by atoms with Crippen molar-refractivity contribution in [2.75, 3.05) is 13.1 Å². The normalized spacial score (nSPS) is 26.7. The summed E-state index contributed by atoms with van der Waals surface area (Å²) >= 11 is 0. The van der Waals surface area contributed by atoms with Gasteiger partial charge in [0.1, 0.15) is 28.4 Å². The quantitative estimate of drug-likeness (QED) is 0.432. The van der Waals surface area contributed by atoms with Crippen LogP contribution in [-0.2, 0) is 4.79 Å². The summed E-state index contributed by atoms with van der Waals surface area (Å²) in [7, 11) is 0. The van der Waals surface area contributed by atoms with Crippen molar-refractivity contribution in [1.82, 2.24) is 20.2 Å². The number of aliphatic carboxylic acids is 1. The van der Waals surface area contributed by atoms with E-state index in [2.05, 4.69) is 41.8 Å². The van der Waals surface area contributed by atoms with E-state index in [0.29, 0.717) is 36.6 Å². The smallest absolute Gasteiger partial charge is 0.330 e. The number of amides is 1. The zero-order chi connectivity index (χ0) is 26.8. The fraction of sp³-hybridized carbons (Fsp3) is 0.367. The predicted molar refractivity (Wildman–Crippen MR) is 143 cm³/mol.